The summed E-state index contributed by atoms with van der Waals surface area (Å²) < 4.78 is 6.65. The number of carbonyl (C=O) groups excluding carboxylic acids is 2. The predicted octanol–water partition coefficient (Wildman–Crippen LogP) is 3.76. The maximum absolute atomic E-state index is 12.3. The van der Waals surface area contributed by atoms with Crippen molar-refractivity contribution >= 4 is 40.7 Å². The van der Waals surface area contributed by atoms with E-state index in [2.05, 4.69) is 16.4 Å². The summed E-state index contributed by atoms with van der Waals surface area (Å²) in [6.45, 7) is 2.03. The summed E-state index contributed by atoms with van der Waals surface area (Å²) in [4.78, 5) is 28.6. The van der Waals surface area contributed by atoms with Crippen LogP contribution >= 0.6 is 23.1 Å². The molecule has 134 valence electrons. The molecule has 26 heavy (non-hydrogen) atoms. The Labute approximate surface area is 159 Å². The number of nitrogens with zero attached hydrogens (tertiary/aromatic N) is 2. The molecule has 0 aliphatic carbocycles. The number of aryl methyl sites for hydroxylation is 1. The first-order valence-corrected chi connectivity index (χ1v) is 9.64. The molecule has 6 nitrogen and oxygen atoms in total. The molecule has 3 rings (SSSR count). The van der Waals surface area contributed by atoms with Crippen LogP contribution in [0.1, 0.15) is 15.2 Å². The molecule has 0 aliphatic rings. The van der Waals surface area contributed by atoms with Gasteiger partial charge in [0.25, 0.3) is 0 Å². The molecule has 1 N–H and O–H groups in total. The first-order valence-electron chi connectivity index (χ1n) is 7.77. The van der Waals surface area contributed by atoms with Crippen LogP contribution in [0, 0.1) is 6.92 Å². The monoisotopic (exact) mass is 387 g/mol. The molecule has 0 radical (unpaired) electrons. The highest BCUT2D eigenvalue weighted by Gasteiger charge is 2.16. The average Bonchev–Trinajstić information content (AvgIpc) is 3.28. The van der Waals surface area contributed by atoms with Gasteiger partial charge in [0, 0.05) is 18.1 Å². The summed E-state index contributed by atoms with van der Waals surface area (Å²) in [5.74, 6) is -0.491. The smallest absolute Gasteiger partial charge is 0.350 e. The van der Waals surface area contributed by atoms with Gasteiger partial charge in [0.15, 0.2) is 5.16 Å². The normalized spacial score (nSPS) is 10.5. The number of nitrogens with one attached hydrogen (secondary N) is 1. The summed E-state index contributed by atoms with van der Waals surface area (Å²) in [5, 5.41) is 5.21. The lowest BCUT2D eigenvalue weighted by atomic mass is 10.2. The van der Waals surface area contributed by atoms with Gasteiger partial charge in [0.1, 0.15) is 4.88 Å². The molecule has 0 saturated carbocycles. The highest BCUT2D eigenvalue weighted by molar-refractivity contribution is 7.99. The van der Waals surface area contributed by atoms with E-state index in [-0.39, 0.29) is 11.7 Å². The minimum atomic E-state index is -0.460. The molecule has 8 heteroatoms. The quantitative estimate of drug-likeness (QED) is 0.515. The third-order valence-corrected chi connectivity index (χ3v) is 5.39. The van der Waals surface area contributed by atoms with Crippen molar-refractivity contribution in [3.8, 4) is 5.69 Å². The van der Waals surface area contributed by atoms with Crippen molar-refractivity contribution in [3.63, 3.8) is 0 Å². The van der Waals surface area contributed by atoms with Gasteiger partial charge in [-0.25, -0.2) is 9.78 Å². The third-order valence-electron chi connectivity index (χ3n) is 3.53. The lowest BCUT2D eigenvalue weighted by molar-refractivity contribution is -0.113. The first kappa shape index (κ1) is 18.2. The molecule has 3 aromatic rings. The number of hydrogen-bond acceptors (Lipinski definition) is 6. The molecule has 0 atom stereocenters. The lowest BCUT2D eigenvalue weighted by Crippen LogP contribution is -2.16. The number of imidazole rings is 1. The number of amides is 1. The van der Waals surface area contributed by atoms with E-state index in [1.54, 1.807) is 17.6 Å². The Balaban J connectivity index is 1.65. The van der Waals surface area contributed by atoms with Crippen LogP contribution in [0.25, 0.3) is 5.69 Å². The van der Waals surface area contributed by atoms with Gasteiger partial charge in [0.05, 0.1) is 18.6 Å². The number of aromatic nitrogens is 2. The van der Waals surface area contributed by atoms with Crippen LogP contribution in [0.4, 0.5) is 5.69 Å². The number of rotatable bonds is 6. The molecule has 0 spiro atoms. The maximum Gasteiger partial charge on any atom is 0.350 e. The molecule has 0 fully saturated rings. The molecule has 0 unspecified atom stereocenters. The fourth-order valence-corrected chi connectivity index (χ4v) is 3.88. The number of ether oxygens (including phenoxy) is 1. The molecule has 2 heterocycles. The second-order valence-electron chi connectivity index (χ2n) is 5.41. The van der Waals surface area contributed by atoms with Gasteiger partial charge in [0.2, 0.25) is 5.91 Å². The number of methoxy groups -OCH3 is 1. The molecule has 0 saturated heterocycles. The molecular weight excluding hydrogens is 370 g/mol. The Kier molecular flexibility index (Phi) is 5.75. The van der Waals surface area contributed by atoms with Crippen molar-refractivity contribution in [3.05, 3.63) is 58.5 Å². The summed E-state index contributed by atoms with van der Waals surface area (Å²) in [6, 6.07) is 9.75. The van der Waals surface area contributed by atoms with Crippen LogP contribution in [0.2, 0.25) is 0 Å². The molecular formula is C18H17N3O3S2. The van der Waals surface area contributed by atoms with Gasteiger partial charge in [-0.3, -0.25) is 9.36 Å². The predicted molar refractivity (Wildman–Crippen MR) is 103 cm³/mol. The second-order valence-corrected chi connectivity index (χ2v) is 7.27. The zero-order chi connectivity index (χ0) is 18.5. The van der Waals surface area contributed by atoms with Crippen molar-refractivity contribution in [2.75, 3.05) is 18.2 Å². The second kappa shape index (κ2) is 8.20. The summed E-state index contributed by atoms with van der Waals surface area (Å²) in [5.41, 5.74) is 2.61. The van der Waals surface area contributed by atoms with E-state index < -0.39 is 5.97 Å². The van der Waals surface area contributed by atoms with E-state index >= 15 is 0 Å². The van der Waals surface area contributed by atoms with Crippen LogP contribution in [0.15, 0.2) is 53.3 Å². The zero-order valence-corrected chi connectivity index (χ0v) is 15.9. The molecule has 1 aromatic carbocycles. The van der Waals surface area contributed by atoms with E-state index in [1.807, 2.05) is 35.9 Å². The number of esters is 1. The zero-order valence-electron chi connectivity index (χ0n) is 14.3. The molecule has 2 aromatic heterocycles. The van der Waals surface area contributed by atoms with E-state index in [1.165, 1.54) is 30.2 Å². The number of benzene rings is 1. The topological polar surface area (TPSA) is 73.2 Å². The maximum atomic E-state index is 12.3. The minimum absolute atomic E-state index is 0.180. The number of thioether (sulfide) groups is 1. The summed E-state index contributed by atoms with van der Waals surface area (Å²) in [6.07, 6.45) is 3.57. The molecule has 1 amide bonds. The average molecular weight is 387 g/mol. The van der Waals surface area contributed by atoms with Crippen molar-refractivity contribution in [2.45, 2.75) is 12.1 Å². The van der Waals surface area contributed by atoms with E-state index in [0.717, 1.165) is 16.4 Å². The molecule has 0 bridgehead atoms. The largest absolute Gasteiger partial charge is 0.465 e. The standard InChI is InChI=1S/C18H17N3O3S2/c1-12-4-3-5-13(10-12)21-8-7-19-18(21)26-11-15(22)20-14-6-9-25-16(14)17(23)24-2/h3-10H,11H2,1-2H3,(H,20,22). The summed E-state index contributed by atoms with van der Waals surface area (Å²) >= 11 is 2.56. The van der Waals surface area contributed by atoms with Gasteiger partial charge in [-0.2, -0.15) is 0 Å². The van der Waals surface area contributed by atoms with Crippen molar-refractivity contribution in [1.82, 2.24) is 9.55 Å². The van der Waals surface area contributed by atoms with E-state index in [0.29, 0.717) is 10.6 Å². The van der Waals surface area contributed by atoms with Crippen LogP contribution in [0.5, 0.6) is 0 Å². The van der Waals surface area contributed by atoms with Crippen molar-refractivity contribution in [2.24, 2.45) is 0 Å². The number of hydrogen-bond donors (Lipinski definition) is 1. The van der Waals surface area contributed by atoms with Gasteiger partial charge in [-0.15, -0.1) is 11.3 Å². The summed E-state index contributed by atoms with van der Waals surface area (Å²) in [7, 11) is 1.31. The highest BCUT2D eigenvalue weighted by Crippen LogP contribution is 2.25. The van der Waals surface area contributed by atoms with Crippen LogP contribution in [-0.4, -0.2) is 34.3 Å². The Morgan fingerprint density at radius 3 is 2.96 bits per heavy atom. The fourth-order valence-electron chi connectivity index (χ4n) is 2.35. The Bertz CT molecular complexity index is 933. The van der Waals surface area contributed by atoms with Gasteiger partial charge in [-0.05, 0) is 36.1 Å². The van der Waals surface area contributed by atoms with E-state index in [4.69, 9.17) is 4.74 Å². The minimum Gasteiger partial charge on any atom is -0.465 e. The lowest BCUT2D eigenvalue weighted by Gasteiger charge is -2.09. The number of thiophene rings is 1. The SMILES string of the molecule is COC(=O)c1sccc1NC(=O)CSc1nccn1-c1cccc(C)c1. The number of anilines is 1. The van der Waals surface area contributed by atoms with Crippen molar-refractivity contribution in [1.29, 1.82) is 0 Å². The van der Waals surface area contributed by atoms with Gasteiger partial charge >= 0.3 is 5.97 Å². The Hall–Kier alpha value is -2.58. The fraction of sp³-hybridized carbons (Fsp3) is 0.167. The van der Waals surface area contributed by atoms with E-state index in [9.17, 15) is 9.59 Å². The van der Waals surface area contributed by atoms with Crippen LogP contribution in [-0.2, 0) is 9.53 Å². The third kappa shape index (κ3) is 4.14. The van der Waals surface area contributed by atoms with Gasteiger partial charge < -0.3 is 10.1 Å². The highest BCUT2D eigenvalue weighted by atomic mass is 32.2. The number of carbonyl (C=O) groups is 2. The Morgan fingerprint density at radius 2 is 2.19 bits per heavy atom. The first-order chi connectivity index (χ1) is 12.6. The molecule has 0 aliphatic heterocycles. The Morgan fingerprint density at radius 1 is 1.35 bits per heavy atom. The van der Waals surface area contributed by atoms with Crippen LogP contribution in [0.3, 0.4) is 0 Å². The van der Waals surface area contributed by atoms with Gasteiger partial charge in [-0.1, -0.05) is 23.9 Å². The van der Waals surface area contributed by atoms with Crippen LogP contribution < -0.4 is 5.32 Å². The van der Waals surface area contributed by atoms with Crippen molar-refractivity contribution < 1.29 is 14.3 Å².